The highest BCUT2D eigenvalue weighted by molar-refractivity contribution is 7.98. The molecule has 0 bridgehead atoms. The molecule has 3 rings (SSSR count). The summed E-state index contributed by atoms with van der Waals surface area (Å²) in [5, 5.41) is 0.525. The van der Waals surface area contributed by atoms with Crippen molar-refractivity contribution >= 4 is 23.4 Å². The first-order chi connectivity index (χ1) is 10.2. The minimum absolute atomic E-state index is 0.357. The van der Waals surface area contributed by atoms with Crippen LogP contribution in [0.3, 0.4) is 0 Å². The Bertz CT molecular complexity index is 724. The second-order valence-electron chi connectivity index (χ2n) is 4.30. The van der Waals surface area contributed by atoms with Gasteiger partial charge in [0, 0.05) is 17.4 Å². The maximum atomic E-state index is 5.63. The first kappa shape index (κ1) is 13.4. The highest BCUT2D eigenvalue weighted by atomic mass is 32.2. The Balaban J connectivity index is 1.70. The number of thioether (sulfide) groups is 1. The van der Waals surface area contributed by atoms with Crippen LogP contribution in [-0.4, -0.2) is 15.0 Å². The lowest BCUT2D eigenvalue weighted by Crippen LogP contribution is -1.99. The SMILES string of the molecule is Nc1cc(N)nc(SCc2coc(-c3ccccc3)n2)n1. The van der Waals surface area contributed by atoms with E-state index in [9.17, 15) is 0 Å². The predicted molar refractivity (Wildman–Crippen MR) is 82.4 cm³/mol. The summed E-state index contributed by atoms with van der Waals surface area (Å²) in [6.07, 6.45) is 1.63. The fourth-order valence-electron chi connectivity index (χ4n) is 1.75. The summed E-state index contributed by atoms with van der Waals surface area (Å²) in [6, 6.07) is 11.3. The largest absolute Gasteiger partial charge is 0.444 e. The van der Waals surface area contributed by atoms with Crippen LogP contribution in [-0.2, 0) is 5.75 Å². The molecule has 0 amide bonds. The van der Waals surface area contributed by atoms with E-state index >= 15 is 0 Å². The van der Waals surface area contributed by atoms with Gasteiger partial charge in [0.1, 0.15) is 17.9 Å². The molecule has 0 atom stereocenters. The minimum atomic E-state index is 0.357. The molecule has 0 radical (unpaired) electrons. The van der Waals surface area contributed by atoms with E-state index in [0.717, 1.165) is 11.3 Å². The van der Waals surface area contributed by atoms with Gasteiger partial charge in [-0.2, -0.15) is 0 Å². The van der Waals surface area contributed by atoms with E-state index in [1.54, 1.807) is 6.26 Å². The maximum Gasteiger partial charge on any atom is 0.226 e. The lowest BCUT2D eigenvalue weighted by Gasteiger charge is -2.00. The molecule has 6 nitrogen and oxygen atoms in total. The van der Waals surface area contributed by atoms with Gasteiger partial charge < -0.3 is 15.9 Å². The highest BCUT2D eigenvalue weighted by Gasteiger charge is 2.08. The van der Waals surface area contributed by atoms with Crippen molar-refractivity contribution < 1.29 is 4.42 Å². The van der Waals surface area contributed by atoms with Gasteiger partial charge in [0.2, 0.25) is 5.89 Å². The monoisotopic (exact) mass is 299 g/mol. The van der Waals surface area contributed by atoms with Crippen molar-refractivity contribution in [2.75, 3.05) is 11.5 Å². The number of rotatable bonds is 4. The number of nitrogens with zero attached hydrogens (tertiary/aromatic N) is 3. The van der Waals surface area contributed by atoms with Crippen molar-refractivity contribution in [3.05, 3.63) is 48.4 Å². The van der Waals surface area contributed by atoms with Gasteiger partial charge in [-0.3, -0.25) is 0 Å². The van der Waals surface area contributed by atoms with Crippen molar-refractivity contribution in [2.45, 2.75) is 10.9 Å². The molecule has 0 aliphatic rings. The number of nitrogens with two attached hydrogens (primary N) is 2. The van der Waals surface area contributed by atoms with Crippen molar-refractivity contribution in [3.8, 4) is 11.5 Å². The van der Waals surface area contributed by atoms with Crippen LogP contribution in [0, 0.1) is 0 Å². The topological polar surface area (TPSA) is 104 Å². The van der Waals surface area contributed by atoms with Crippen LogP contribution >= 0.6 is 11.8 Å². The van der Waals surface area contributed by atoms with E-state index in [2.05, 4.69) is 15.0 Å². The predicted octanol–water partition coefficient (Wildman–Crippen LogP) is 2.59. The summed E-state index contributed by atoms with van der Waals surface area (Å²) in [4.78, 5) is 12.6. The zero-order chi connectivity index (χ0) is 14.7. The summed E-state index contributed by atoms with van der Waals surface area (Å²) in [7, 11) is 0. The first-order valence-electron chi connectivity index (χ1n) is 6.23. The number of hydrogen-bond acceptors (Lipinski definition) is 7. The maximum absolute atomic E-state index is 5.63. The molecule has 0 spiro atoms. The van der Waals surface area contributed by atoms with Gasteiger partial charge in [-0.05, 0) is 12.1 Å². The van der Waals surface area contributed by atoms with Crippen molar-refractivity contribution in [3.63, 3.8) is 0 Å². The smallest absolute Gasteiger partial charge is 0.226 e. The Kier molecular flexibility index (Phi) is 3.74. The van der Waals surface area contributed by atoms with E-state index in [0.29, 0.717) is 28.4 Å². The molecule has 0 fully saturated rings. The standard InChI is InChI=1S/C14H13N5OS/c15-11-6-12(16)19-14(18-11)21-8-10-7-20-13(17-10)9-4-2-1-3-5-9/h1-7H,8H2,(H4,15,16,18,19). The van der Waals surface area contributed by atoms with Crippen molar-refractivity contribution in [1.82, 2.24) is 15.0 Å². The number of oxazole rings is 1. The molecule has 2 heterocycles. The van der Waals surface area contributed by atoms with Crippen LogP contribution in [0.5, 0.6) is 0 Å². The van der Waals surface area contributed by atoms with Crippen molar-refractivity contribution in [2.24, 2.45) is 0 Å². The van der Waals surface area contributed by atoms with Crippen molar-refractivity contribution in [1.29, 1.82) is 0 Å². The summed E-state index contributed by atoms with van der Waals surface area (Å²) in [5.74, 6) is 1.89. The van der Waals surface area contributed by atoms with Gasteiger partial charge in [-0.25, -0.2) is 15.0 Å². The molecule has 4 N–H and O–H groups in total. The molecular formula is C14H13N5OS. The van der Waals surface area contributed by atoms with Crippen LogP contribution in [0.2, 0.25) is 0 Å². The van der Waals surface area contributed by atoms with Crippen LogP contribution < -0.4 is 11.5 Å². The molecule has 2 aromatic heterocycles. The summed E-state index contributed by atoms with van der Waals surface area (Å²) in [5.41, 5.74) is 13.0. The Labute approximate surface area is 125 Å². The summed E-state index contributed by atoms with van der Waals surface area (Å²) < 4.78 is 5.47. The molecule has 7 heteroatoms. The zero-order valence-electron chi connectivity index (χ0n) is 11.1. The third-order valence-electron chi connectivity index (χ3n) is 2.67. The second-order valence-corrected chi connectivity index (χ2v) is 5.24. The Hall–Kier alpha value is -2.54. The molecule has 0 aliphatic carbocycles. The Morgan fingerprint density at radius 2 is 1.71 bits per heavy atom. The number of hydrogen-bond donors (Lipinski definition) is 2. The van der Waals surface area contributed by atoms with E-state index in [-0.39, 0.29) is 0 Å². The van der Waals surface area contributed by atoms with Gasteiger partial charge in [0.25, 0.3) is 0 Å². The third-order valence-corrected chi connectivity index (χ3v) is 3.55. The van der Waals surface area contributed by atoms with E-state index < -0.39 is 0 Å². The average Bonchev–Trinajstić information content (AvgIpc) is 2.94. The zero-order valence-corrected chi connectivity index (χ0v) is 11.9. The molecule has 21 heavy (non-hydrogen) atoms. The normalized spacial score (nSPS) is 10.7. The lowest BCUT2D eigenvalue weighted by atomic mass is 10.2. The average molecular weight is 299 g/mol. The fourth-order valence-corrected chi connectivity index (χ4v) is 2.50. The molecule has 0 aliphatic heterocycles. The summed E-state index contributed by atoms with van der Waals surface area (Å²) >= 11 is 1.41. The first-order valence-corrected chi connectivity index (χ1v) is 7.22. The van der Waals surface area contributed by atoms with Gasteiger partial charge >= 0.3 is 0 Å². The number of aromatic nitrogens is 3. The molecule has 3 aromatic rings. The van der Waals surface area contributed by atoms with Gasteiger partial charge in [0.15, 0.2) is 5.16 Å². The molecule has 0 saturated heterocycles. The van der Waals surface area contributed by atoms with E-state index in [1.807, 2.05) is 30.3 Å². The lowest BCUT2D eigenvalue weighted by molar-refractivity contribution is 0.573. The third kappa shape index (κ3) is 3.32. The molecular weight excluding hydrogens is 286 g/mol. The quantitative estimate of drug-likeness (QED) is 0.563. The summed E-state index contributed by atoms with van der Waals surface area (Å²) in [6.45, 7) is 0. The highest BCUT2D eigenvalue weighted by Crippen LogP contribution is 2.23. The van der Waals surface area contributed by atoms with Gasteiger partial charge in [0.05, 0.1) is 5.69 Å². The second kappa shape index (κ2) is 5.84. The van der Waals surface area contributed by atoms with Gasteiger partial charge in [-0.15, -0.1) is 0 Å². The number of anilines is 2. The number of nitrogen functional groups attached to an aromatic ring is 2. The van der Waals surface area contributed by atoms with Crippen LogP contribution in [0.1, 0.15) is 5.69 Å². The van der Waals surface area contributed by atoms with E-state index in [1.165, 1.54) is 17.8 Å². The number of benzene rings is 1. The van der Waals surface area contributed by atoms with Crippen LogP contribution in [0.15, 0.2) is 52.2 Å². The molecule has 106 valence electrons. The van der Waals surface area contributed by atoms with E-state index in [4.69, 9.17) is 15.9 Å². The molecule has 0 unspecified atom stereocenters. The molecule has 0 saturated carbocycles. The van der Waals surface area contributed by atoms with Gasteiger partial charge in [-0.1, -0.05) is 30.0 Å². The van der Waals surface area contributed by atoms with Crippen LogP contribution in [0.25, 0.3) is 11.5 Å². The molecule has 1 aromatic carbocycles. The fraction of sp³-hybridized carbons (Fsp3) is 0.0714. The Morgan fingerprint density at radius 1 is 1.00 bits per heavy atom. The Morgan fingerprint density at radius 3 is 2.43 bits per heavy atom. The van der Waals surface area contributed by atoms with Crippen LogP contribution in [0.4, 0.5) is 11.6 Å². The minimum Gasteiger partial charge on any atom is -0.444 e.